The molecule has 0 bridgehead atoms. The Morgan fingerprint density at radius 3 is 2.50 bits per heavy atom. The van der Waals surface area contributed by atoms with Crippen LogP contribution in [0, 0.1) is 0 Å². The van der Waals surface area contributed by atoms with Crippen molar-refractivity contribution in [3.63, 3.8) is 0 Å². The zero-order chi connectivity index (χ0) is 10.6. The van der Waals surface area contributed by atoms with Crippen molar-refractivity contribution in [2.75, 3.05) is 7.11 Å². The number of primary amides is 1. The van der Waals surface area contributed by atoms with Crippen molar-refractivity contribution in [3.8, 4) is 5.75 Å². The molecule has 0 aromatic heterocycles. The summed E-state index contributed by atoms with van der Waals surface area (Å²) in [4.78, 5) is 21.6. The lowest BCUT2D eigenvalue weighted by atomic mass is 10.2. The minimum Gasteiger partial charge on any atom is -0.496 e. The predicted molar refractivity (Wildman–Crippen MR) is 48.0 cm³/mol. The van der Waals surface area contributed by atoms with Crippen LogP contribution < -0.4 is 10.5 Å². The number of ether oxygens (including phenoxy) is 2. The maximum absolute atomic E-state index is 11.2. The number of methoxy groups -OCH3 is 1. The van der Waals surface area contributed by atoms with Gasteiger partial charge in [0.2, 0.25) is 0 Å². The summed E-state index contributed by atoms with van der Waals surface area (Å²) in [6.07, 6.45) is -1.14. The fraction of sp³-hybridized carbons (Fsp3) is 0.111. The second-order valence-electron chi connectivity index (χ2n) is 2.41. The van der Waals surface area contributed by atoms with Gasteiger partial charge in [-0.2, -0.15) is 0 Å². The lowest BCUT2D eigenvalue weighted by Gasteiger charge is -2.05. The summed E-state index contributed by atoms with van der Waals surface area (Å²) in [7, 11) is 1.41. The standard InChI is InChI=1S/C9H9NO4/c1-13-7-5-3-2-4-6(7)8(11)14-9(10)12/h2-5H,1H3,(H2,10,12). The Labute approximate surface area is 80.4 Å². The molecule has 0 unspecified atom stereocenters. The van der Waals surface area contributed by atoms with Gasteiger partial charge in [0.1, 0.15) is 11.3 Å². The van der Waals surface area contributed by atoms with Crippen molar-refractivity contribution in [2.24, 2.45) is 5.73 Å². The van der Waals surface area contributed by atoms with Crippen molar-refractivity contribution in [1.82, 2.24) is 0 Å². The minimum atomic E-state index is -1.14. The summed E-state index contributed by atoms with van der Waals surface area (Å²) in [5.74, 6) is -0.492. The molecule has 0 aliphatic rings. The van der Waals surface area contributed by atoms with Gasteiger partial charge in [0.15, 0.2) is 0 Å². The fourth-order valence-corrected chi connectivity index (χ4v) is 0.960. The molecule has 0 saturated heterocycles. The van der Waals surface area contributed by atoms with Crippen LogP contribution in [0.5, 0.6) is 5.75 Å². The zero-order valence-corrected chi connectivity index (χ0v) is 7.52. The van der Waals surface area contributed by atoms with Crippen molar-refractivity contribution in [2.45, 2.75) is 0 Å². The topological polar surface area (TPSA) is 78.6 Å². The minimum absolute atomic E-state index is 0.161. The first-order valence-corrected chi connectivity index (χ1v) is 3.79. The second-order valence-corrected chi connectivity index (χ2v) is 2.41. The third-order valence-electron chi connectivity index (χ3n) is 1.52. The second kappa shape index (κ2) is 4.27. The molecule has 0 aliphatic carbocycles. The van der Waals surface area contributed by atoms with Crippen LogP contribution in [0.2, 0.25) is 0 Å². The molecule has 0 fully saturated rings. The molecule has 0 aliphatic heterocycles. The Bertz CT molecular complexity index is 362. The van der Waals surface area contributed by atoms with Gasteiger partial charge in [-0.05, 0) is 12.1 Å². The monoisotopic (exact) mass is 195 g/mol. The zero-order valence-electron chi connectivity index (χ0n) is 7.52. The van der Waals surface area contributed by atoms with Gasteiger partial charge in [-0.1, -0.05) is 12.1 Å². The number of carbonyl (C=O) groups is 2. The summed E-state index contributed by atoms with van der Waals surface area (Å²) < 4.78 is 9.09. The number of hydrogen-bond donors (Lipinski definition) is 1. The molecule has 0 radical (unpaired) electrons. The molecular weight excluding hydrogens is 186 g/mol. The Morgan fingerprint density at radius 2 is 1.93 bits per heavy atom. The third-order valence-corrected chi connectivity index (χ3v) is 1.52. The van der Waals surface area contributed by atoms with Crippen LogP contribution in [-0.2, 0) is 4.74 Å². The van der Waals surface area contributed by atoms with E-state index in [0.29, 0.717) is 5.75 Å². The molecule has 1 amide bonds. The molecule has 0 saturated carbocycles. The van der Waals surface area contributed by atoms with Crippen molar-refractivity contribution in [3.05, 3.63) is 29.8 Å². The van der Waals surface area contributed by atoms with Gasteiger partial charge >= 0.3 is 12.1 Å². The number of nitrogens with two attached hydrogens (primary N) is 1. The molecule has 5 heteroatoms. The van der Waals surface area contributed by atoms with Crippen LogP contribution in [-0.4, -0.2) is 19.2 Å². The van der Waals surface area contributed by atoms with E-state index >= 15 is 0 Å². The highest BCUT2D eigenvalue weighted by Crippen LogP contribution is 2.17. The Hall–Kier alpha value is -2.04. The highest BCUT2D eigenvalue weighted by molar-refractivity contribution is 5.98. The van der Waals surface area contributed by atoms with Gasteiger partial charge < -0.3 is 15.2 Å². The summed E-state index contributed by atoms with van der Waals surface area (Å²) in [6, 6.07) is 6.38. The van der Waals surface area contributed by atoms with Crippen LogP contribution in [0.3, 0.4) is 0 Å². The highest BCUT2D eigenvalue weighted by atomic mass is 16.6. The van der Waals surface area contributed by atoms with E-state index in [9.17, 15) is 9.59 Å². The summed E-state index contributed by atoms with van der Waals surface area (Å²) in [5.41, 5.74) is 4.86. The van der Waals surface area contributed by atoms with E-state index in [1.54, 1.807) is 18.2 Å². The van der Waals surface area contributed by atoms with Crippen molar-refractivity contribution in [1.29, 1.82) is 0 Å². The van der Waals surface area contributed by atoms with E-state index in [2.05, 4.69) is 4.74 Å². The lowest BCUT2D eigenvalue weighted by Crippen LogP contribution is -2.18. The molecule has 1 aromatic rings. The van der Waals surface area contributed by atoms with E-state index in [-0.39, 0.29) is 5.56 Å². The molecule has 0 atom stereocenters. The molecule has 74 valence electrons. The first-order valence-electron chi connectivity index (χ1n) is 3.79. The van der Waals surface area contributed by atoms with Gasteiger partial charge in [-0.3, -0.25) is 0 Å². The fourth-order valence-electron chi connectivity index (χ4n) is 0.960. The Kier molecular flexibility index (Phi) is 3.06. The van der Waals surface area contributed by atoms with Gasteiger partial charge in [0.25, 0.3) is 0 Å². The number of para-hydroxylation sites is 1. The van der Waals surface area contributed by atoms with E-state index in [4.69, 9.17) is 10.5 Å². The van der Waals surface area contributed by atoms with Gasteiger partial charge in [-0.15, -0.1) is 0 Å². The first-order chi connectivity index (χ1) is 6.65. The summed E-state index contributed by atoms with van der Waals surface area (Å²) in [6.45, 7) is 0. The molecule has 14 heavy (non-hydrogen) atoms. The average Bonchev–Trinajstić information content (AvgIpc) is 2.16. The smallest absolute Gasteiger partial charge is 0.412 e. The lowest BCUT2D eigenvalue weighted by molar-refractivity contribution is 0.0635. The third kappa shape index (κ3) is 2.22. The number of carbonyl (C=O) groups excluding carboxylic acids is 2. The highest BCUT2D eigenvalue weighted by Gasteiger charge is 2.14. The molecule has 0 spiro atoms. The Morgan fingerprint density at radius 1 is 1.29 bits per heavy atom. The van der Waals surface area contributed by atoms with Crippen LogP contribution >= 0.6 is 0 Å². The quantitative estimate of drug-likeness (QED) is 0.562. The largest absolute Gasteiger partial charge is 0.496 e. The van der Waals surface area contributed by atoms with E-state index in [1.807, 2.05) is 0 Å². The van der Waals surface area contributed by atoms with Gasteiger partial charge in [0, 0.05) is 0 Å². The number of benzene rings is 1. The van der Waals surface area contributed by atoms with Crippen LogP contribution in [0.25, 0.3) is 0 Å². The molecule has 1 rings (SSSR count). The summed E-state index contributed by atoms with van der Waals surface area (Å²) in [5, 5.41) is 0. The maximum atomic E-state index is 11.2. The molecule has 0 heterocycles. The number of amides is 1. The van der Waals surface area contributed by atoms with E-state index < -0.39 is 12.1 Å². The molecule has 1 aromatic carbocycles. The number of esters is 1. The molecular formula is C9H9NO4. The van der Waals surface area contributed by atoms with Crippen LogP contribution in [0.4, 0.5) is 4.79 Å². The first kappa shape index (κ1) is 10.0. The van der Waals surface area contributed by atoms with Gasteiger partial charge in [-0.25, -0.2) is 9.59 Å². The van der Waals surface area contributed by atoms with E-state index in [0.717, 1.165) is 0 Å². The average molecular weight is 195 g/mol. The molecule has 5 nitrogen and oxygen atoms in total. The molecule has 2 N–H and O–H groups in total. The van der Waals surface area contributed by atoms with Gasteiger partial charge in [0.05, 0.1) is 7.11 Å². The SMILES string of the molecule is COc1ccccc1C(=O)OC(N)=O. The maximum Gasteiger partial charge on any atom is 0.412 e. The number of hydrogen-bond acceptors (Lipinski definition) is 4. The van der Waals surface area contributed by atoms with Crippen molar-refractivity contribution >= 4 is 12.1 Å². The van der Waals surface area contributed by atoms with Crippen LogP contribution in [0.1, 0.15) is 10.4 Å². The van der Waals surface area contributed by atoms with E-state index in [1.165, 1.54) is 13.2 Å². The number of rotatable bonds is 2. The van der Waals surface area contributed by atoms with Crippen LogP contribution in [0.15, 0.2) is 24.3 Å². The predicted octanol–water partition coefficient (Wildman–Crippen LogP) is 0.931. The Balaban J connectivity index is 2.94. The normalized spacial score (nSPS) is 9.21. The van der Waals surface area contributed by atoms with Crippen molar-refractivity contribution < 1.29 is 19.1 Å². The summed E-state index contributed by atoms with van der Waals surface area (Å²) >= 11 is 0.